The van der Waals surface area contributed by atoms with Gasteiger partial charge in [-0.25, -0.2) is 0 Å². The van der Waals surface area contributed by atoms with E-state index in [0.717, 1.165) is 53.4 Å². The molecule has 2 heterocycles. The molecule has 1 unspecified atom stereocenters. The van der Waals surface area contributed by atoms with Crippen LogP contribution in [0.5, 0.6) is 5.75 Å². The molecule has 140 valence electrons. The Morgan fingerprint density at radius 3 is 2.59 bits per heavy atom. The van der Waals surface area contributed by atoms with Crippen LogP contribution in [0.25, 0.3) is 17.1 Å². The summed E-state index contributed by atoms with van der Waals surface area (Å²) in [7, 11) is 1.66. The minimum Gasteiger partial charge on any atom is -0.497 e. The lowest BCUT2D eigenvalue weighted by atomic mass is 10.2. The fraction of sp³-hybridized carbons (Fsp3) is 0.300. The summed E-state index contributed by atoms with van der Waals surface area (Å²) < 4.78 is 12.9. The normalized spacial score (nSPS) is 16.6. The molecule has 1 aromatic heterocycles. The molecule has 3 aromatic rings. The number of benzene rings is 2. The van der Waals surface area contributed by atoms with Crippen LogP contribution < -0.4 is 4.74 Å². The molecule has 1 aliphatic heterocycles. The number of rotatable bonds is 6. The maximum Gasteiger partial charge on any atom is 0.196 e. The van der Waals surface area contributed by atoms with Gasteiger partial charge in [-0.3, -0.25) is 4.57 Å². The van der Waals surface area contributed by atoms with Crippen molar-refractivity contribution in [1.29, 1.82) is 0 Å². The average Bonchev–Trinajstić information content (AvgIpc) is 3.37. The Labute approximate surface area is 167 Å². The molecular weight excluding hydrogens is 382 g/mol. The maximum atomic E-state index is 6.04. The molecule has 7 heteroatoms. The van der Waals surface area contributed by atoms with Crippen LogP contribution in [0.4, 0.5) is 0 Å². The van der Waals surface area contributed by atoms with Crippen LogP contribution >= 0.6 is 23.4 Å². The van der Waals surface area contributed by atoms with Gasteiger partial charge in [-0.1, -0.05) is 23.4 Å². The number of aromatic nitrogens is 3. The number of ether oxygens (including phenoxy) is 2. The van der Waals surface area contributed by atoms with E-state index in [9.17, 15) is 0 Å². The first-order valence-electron chi connectivity index (χ1n) is 8.81. The van der Waals surface area contributed by atoms with Gasteiger partial charge in [0.2, 0.25) is 0 Å². The van der Waals surface area contributed by atoms with Crippen molar-refractivity contribution in [2.45, 2.75) is 11.6 Å². The molecule has 0 bridgehead atoms. The Hall–Kier alpha value is -2.02. The molecule has 5 nitrogen and oxygen atoms in total. The molecule has 0 aliphatic carbocycles. The van der Waals surface area contributed by atoms with Gasteiger partial charge in [0.1, 0.15) is 5.75 Å². The SMILES string of the molecule is COc1ccc(-n2c(SCC3CCOC3)nnc2-c2ccc(Cl)cc2)cc1. The summed E-state index contributed by atoms with van der Waals surface area (Å²) in [6.07, 6.45) is 1.10. The van der Waals surface area contributed by atoms with Crippen molar-refractivity contribution in [3.8, 4) is 22.8 Å². The molecule has 1 saturated heterocycles. The molecule has 1 fully saturated rings. The first-order valence-corrected chi connectivity index (χ1v) is 10.2. The van der Waals surface area contributed by atoms with Crippen LogP contribution in [-0.4, -0.2) is 40.8 Å². The zero-order valence-electron chi connectivity index (χ0n) is 15.0. The molecular formula is C20H20ClN3O2S. The second-order valence-corrected chi connectivity index (χ2v) is 7.81. The first-order chi connectivity index (χ1) is 13.2. The number of nitrogens with zero attached hydrogens (tertiary/aromatic N) is 3. The monoisotopic (exact) mass is 401 g/mol. The van der Waals surface area contributed by atoms with Crippen LogP contribution in [0.3, 0.4) is 0 Å². The van der Waals surface area contributed by atoms with Gasteiger partial charge in [0, 0.05) is 28.6 Å². The van der Waals surface area contributed by atoms with Crippen LogP contribution in [0.2, 0.25) is 5.02 Å². The molecule has 0 amide bonds. The zero-order valence-corrected chi connectivity index (χ0v) is 16.5. The van der Waals surface area contributed by atoms with Crippen molar-refractivity contribution in [3.63, 3.8) is 0 Å². The largest absolute Gasteiger partial charge is 0.497 e. The molecule has 0 saturated carbocycles. The van der Waals surface area contributed by atoms with E-state index >= 15 is 0 Å². The minimum atomic E-state index is 0.565. The maximum absolute atomic E-state index is 6.04. The van der Waals surface area contributed by atoms with Gasteiger partial charge in [-0.2, -0.15) is 0 Å². The number of halogens is 1. The van der Waals surface area contributed by atoms with Crippen molar-refractivity contribution < 1.29 is 9.47 Å². The second-order valence-electron chi connectivity index (χ2n) is 6.39. The molecule has 2 aromatic carbocycles. The summed E-state index contributed by atoms with van der Waals surface area (Å²) in [6.45, 7) is 1.68. The topological polar surface area (TPSA) is 49.2 Å². The smallest absolute Gasteiger partial charge is 0.196 e. The van der Waals surface area contributed by atoms with Gasteiger partial charge in [0.25, 0.3) is 0 Å². The van der Waals surface area contributed by atoms with E-state index in [4.69, 9.17) is 21.1 Å². The van der Waals surface area contributed by atoms with Gasteiger partial charge >= 0.3 is 0 Å². The van der Waals surface area contributed by atoms with Crippen LogP contribution in [-0.2, 0) is 4.74 Å². The highest BCUT2D eigenvalue weighted by Gasteiger charge is 2.20. The molecule has 27 heavy (non-hydrogen) atoms. The fourth-order valence-corrected chi connectivity index (χ4v) is 4.21. The molecule has 4 rings (SSSR count). The van der Waals surface area contributed by atoms with E-state index in [0.29, 0.717) is 10.9 Å². The summed E-state index contributed by atoms with van der Waals surface area (Å²) >= 11 is 7.76. The lowest BCUT2D eigenvalue weighted by Gasteiger charge is -2.12. The van der Waals surface area contributed by atoms with Gasteiger partial charge in [-0.15, -0.1) is 10.2 Å². The van der Waals surface area contributed by atoms with Gasteiger partial charge in [0.15, 0.2) is 11.0 Å². The Balaban J connectivity index is 1.70. The van der Waals surface area contributed by atoms with Crippen LogP contribution in [0.15, 0.2) is 53.7 Å². The number of hydrogen-bond acceptors (Lipinski definition) is 5. The summed E-state index contributed by atoms with van der Waals surface area (Å²) in [5, 5.41) is 10.5. The Bertz CT molecular complexity index is 891. The third-order valence-corrected chi connectivity index (χ3v) is 5.95. The highest BCUT2D eigenvalue weighted by molar-refractivity contribution is 7.99. The second kappa shape index (κ2) is 8.33. The average molecular weight is 402 g/mol. The van der Waals surface area contributed by atoms with Gasteiger partial charge < -0.3 is 9.47 Å². The lowest BCUT2D eigenvalue weighted by Crippen LogP contribution is -2.05. The van der Waals surface area contributed by atoms with Crippen molar-refractivity contribution in [1.82, 2.24) is 14.8 Å². The van der Waals surface area contributed by atoms with Crippen molar-refractivity contribution in [3.05, 3.63) is 53.6 Å². The van der Waals surface area contributed by atoms with E-state index in [-0.39, 0.29) is 0 Å². The van der Waals surface area contributed by atoms with E-state index in [2.05, 4.69) is 14.8 Å². The van der Waals surface area contributed by atoms with E-state index in [1.807, 2.05) is 48.5 Å². The molecule has 1 aliphatic rings. The highest BCUT2D eigenvalue weighted by Crippen LogP contribution is 2.31. The molecule has 1 atom stereocenters. The fourth-order valence-electron chi connectivity index (χ4n) is 3.02. The first kappa shape index (κ1) is 18.3. The Morgan fingerprint density at radius 1 is 1.15 bits per heavy atom. The Kier molecular flexibility index (Phi) is 5.66. The van der Waals surface area contributed by atoms with Crippen molar-refractivity contribution in [2.75, 3.05) is 26.1 Å². The van der Waals surface area contributed by atoms with Gasteiger partial charge in [-0.05, 0) is 60.9 Å². The number of thioether (sulfide) groups is 1. The van der Waals surface area contributed by atoms with E-state index in [1.165, 1.54) is 0 Å². The van der Waals surface area contributed by atoms with Gasteiger partial charge in [0.05, 0.1) is 13.7 Å². The molecule has 0 radical (unpaired) electrons. The predicted molar refractivity (Wildman–Crippen MR) is 108 cm³/mol. The number of methoxy groups -OCH3 is 1. The van der Waals surface area contributed by atoms with E-state index in [1.54, 1.807) is 18.9 Å². The summed E-state index contributed by atoms with van der Waals surface area (Å²) in [5.41, 5.74) is 1.97. The summed E-state index contributed by atoms with van der Waals surface area (Å²) in [4.78, 5) is 0. The highest BCUT2D eigenvalue weighted by atomic mass is 35.5. The minimum absolute atomic E-state index is 0.565. The van der Waals surface area contributed by atoms with Crippen LogP contribution in [0.1, 0.15) is 6.42 Å². The molecule has 0 spiro atoms. The third-order valence-electron chi connectivity index (χ3n) is 4.54. The number of hydrogen-bond donors (Lipinski definition) is 0. The zero-order chi connectivity index (χ0) is 18.6. The third kappa shape index (κ3) is 4.13. The predicted octanol–water partition coefficient (Wildman–Crippen LogP) is 4.72. The quantitative estimate of drug-likeness (QED) is 0.559. The van der Waals surface area contributed by atoms with Crippen molar-refractivity contribution in [2.24, 2.45) is 5.92 Å². The standard InChI is InChI=1S/C20H20ClN3O2S/c1-25-18-8-6-17(7-9-18)24-19(15-2-4-16(21)5-3-15)22-23-20(24)27-13-14-10-11-26-12-14/h2-9,14H,10-13H2,1H3. The van der Waals surface area contributed by atoms with E-state index < -0.39 is 0 Å². The summed E-state index contributed by atoms with van der Waals surface area (Å²) in [6, 6.07) is 15.6. The Morgan fingerprint density at radius 2 is 1.93 bits per heavy atom. The van der Waals surface area contributed by atoms with Crippen LogP contribution in [0, 0.1) is 5.92 Å². The van der Waals surface area contributed by atoms with Crippen molar-refractivity contribution >= 4 is 23.4 Å². The molecule has 0 N–H and O–H groups in total. The summed E-state index contributed by atoms with van der Waals surface area (Å²) in [5.74, 6) is 3.14. The lowest BCUT2D eigenvalue weighted by molar-refractivity contribution is 0.189.